The molecule has 1 aliphatic rings. The van der Waals surface area contributed by atoms with Crippen molar-refractivity contribution in [2.24, 2.45) is 0 Å². The van der Waals surface area contributed by atoms with Crippen LogP contribution in [-0.4, -0.2) is 41.9 Å². The molecule has 0 amide bonds. The minimum atomic E-state index is -0.672. The van der Waals surface area contributed by atoms with Gasteiger partial charge < -0.3 is 28.3 Å². The lowest BCUT2D eigenvalue weighted by atomic mass is 9.96. The topological polar surface area (TPSA) is 68.2 Å². The Morgan fingerprint density at radius 3 is 1.61 bits per heavy atom. The van der Waals surface area contributed by atoms with Crippen LogP contribution in [0.25, 0.3) is 10.9 Å². The Morgan fingerprint density at radius 1 is 0.588 bits per heavy atom. The summed E-state index contributed by atoms with van der Waals surface area (Å²) in [7, 11) is 0. The molecule has 260 valence electrons. The molecule has 0 spiro atoms. The van der Waals surface area contributed by atoms with Crippen molar-refractivity contribution < 1.29 is 28.5 Å². The number of aryl methyl sites for hydroxylation is 1. The number of ether oxygens (including phenoxy) is 5. The van der Waals surface area contributed by atoms with Gasteiger partial charge in [-0.1, -0.05) is 133 Å². The van der Waals surface area contributed by atoms with Gasteiger partial charge in [0.05, 0.1) is 38.6 Å². The van der Waals surface area contributed by atoms with Gasteiger partial charge in [-0.25, -0.2) is 0 Å². The van der Waals surface area contributed by atoms with Gasteiger partial charge in [0.15, 0.2) is 12.5 Å². The normalized spacial score (nSPS) is 20.4. The fraction of sp³-hybridized carbons (Fsp3) is 0.250. The zero-order valence-corrected chi connectivity index (χ0v) is 28.8. The lowest BCUT2D eigenvalue weighted by Gasteiger charge is -2.46. The first-order chi connectivity index (χ1) is 25.2. The molecule has 7 rings (SSSR count). The summed E-state index contributed by atoms with van der Waals surface area (Å²) < 4.78 is 36.1. The molecular formula is C44H43NO6. The molecule has 0 radical (unpaired) electrons. The first kappa shape index (κ1) is 34.6. The van der Waals surface area contributed by atoms with Crippen LogP contribution in [0.5, 0.6) is 0 Å². The number of hydrogen-bond donors (Lipinski definition) is 0. The summed E-state index contributed by atoms with van der Waals surface area (Å²) in [5, 5.41) is 0.888. The summed E-state index contributed by atoms with van der Waals surface area (Å²) >= 11 is 0. The zero-order valence-electron chi connectivity index (χ0n) is 28.8. The highest BCUT2D eigenvalue weighted by atomic mass is 16.6. The fourth-order valence-corrected chi connectivity index (χ4v) is 6.82. The first-order valence-electron chi connectivity index (χ1n) is 17.5. The number of hydrogen-bond acceptors (Lipinski definition) is 6. The lowest BCUT2D eigenvalue weighted by molar-refractivity contribution is -0.289. The van der Waals surface area contributed by atoms with Crippen LogP contribution in [0.3, 0.4) is 0 Å². The van der Waals surface area contributed by atoms with Crippen LogP contribution < -0.4 is 0 Å². The molecule has 51 heavy (non-hydrogen) atoms. The van der Waals surface area contributed by atoms with Crippen molar-refractivity contribution in [2.45, 2.75) is 64.0 Å². The highest BCUT2D eigenvalue weighted by molar-refractivity contribution is 5.99. The van der Waals surface area contributed by atoms with Crippen LogP contribution in [0.2, 0.25) is 0 Å². The molecule has 7 heteroatoms. The van der Waals surface area contributed by atoms with Gasteiger partial charge in [0, 0.05) is 17.1 Å². The number of benzene rings is 5. The van der Waals surface area contributed by atoms with Crippen molar-refractivity contribution in [1.29, 1.82) is 0 Å². The van der Waals surface area contributed by atoms with Crippen molar-refractivity contribution in [2.75, 3.05) is 6.61 Å². The predicted octanol–water partition coefficient (Wildman–Crippen LogP) is 8.63. The minimum Gasteiger partial charge on any atom is -0.374 e. The van der Waals surface area contributed by atoms with Crippen molar-refractivity contribution in [1.82, 2.24) is 4.57 Å². The molecule has 0 saturated carbocycles. The zero-order chi connectivity index (χ0) is 34.8. The second kappa shape index (κ2) is 16.9. The second-order valence-corrected chi connectivity index (χ2v) is 12.9. The summed E-state index contributed by atoms with van der Waals surface area (Å²) in [6, 6.07) is 46.4. The molecule has 1 saturated heterocycles. The maximum absolute atomic E-state index is 12.4. The van der Waals surface area contributed by atoms with Gasteiger partial charge >= 0.3 is 0 Å². The number of carbonyl (C=O) groups is 1. The Balaban J connectivity index is 1.30. The van der Waals surface area contributed by atoms with Gasteiger partial charge in [0.25, 0.3) is 0 Å². The summed E-state index contributed by atoms with van der Waals surface area (Å²) in [5.74, 6) is 0. The van der Waals surface area contributed by atoms with Crippen LogP contribution in [0.15, 0.2) is 146 Å². The van der Waals surface area contributed by atoms with E-state index in [9.17, 15) is 4.79 Å². The fourth-order valence-electron chi connectivity index (χ4n) is 6.82. The lowest BCUT2D eigenvalue weighted by Crippen LogP contribution is -2.59. The third kappa shape index (κ3) is 8.37. The molecule has 1 fully saturated rings. The molecule has 0 unspecified atom stereocenters. The van der Waals surface area contributed by atoms with E-state index in [0.717, 1.165) is 45.0 Å². The average molecular weight is 682 g/mol. The Bertz CT molecular complexity index is 1970. The largest absolute Gasteiger partial charge is 0.374 e. The SMILES string of the molecule is Cc1cccc2c1c(C=O)cn2[C@@H]1O[C@H](COCc2ccccc2)[C@H](OCc2ccccc2)[C@H](OCc2ccccc2)[C@H]1OCc1ccccc1. The van der Waals surface area contributed by atoms with E-state index in [2.05, 4.69) is 12.1 Å². The molecule has 7 nitrogen and oxygen atoms in total. The highest BCUT2D eigenvalue weighted by Crippen LogP contribution is 2.39. The molecule has 0 N–H and O–H groups in total. The summed E-state index contributed by atoms with van der Waals surface area (Å²) in [6.07, 6.45) is -0.203. The molecule has 0 bridgehead atoms. The van der Waals surface area contributed by atoms with Crippen molar-refractivity contribution in [3.8, 4) is 0 Å². The van der Waals surface area contributed by atoms with Gasteiger partial charge in [-0.05, 0) is 40.8 Å². The Hall–Kier alpha value is -4.89. The molecule has 1 aromatic heterocycles. The van der Waals surface area contributed by atoms with Crippen LogP contribution in [0.1, 0.15) is 44.4 Å². The maximum Gasteiger partial charge on any atom is 0.163 e. The van der Waals surface area contributed by atoms with Crippen LogP contribution in [0.4, 0.5) is 0 Å². The number of nitrogens with zero attached hydrogens (tertiary/aromatic N) is 1. The van der Waals surface area contributed by atoms with E-state index in [0.29, 0.717) is 32.0 Å². The van der Waals surface area contributed by atoms with Crippen LogP contribution >= 0.6 is 0 Å². The maximum atomic E-state index is 12.4. The molecule has 6 aromatic rings. The van der Waals surface area contributed by atoms with Gasteiger partial charge in [0.1, 0.15) is 24.4 Å². The Morgan fingerprint density at radius 2 is 1.08 bits per heavy atom. The quantitative estimate of drug-likeness (QED) is 0.101. The van der Waals surface area contributed by atoms with Gasteiger partial charge in [-0.3, -0.25) is 4.79 Å². The van der Waals surface area contributed by atoms with E-state index in [1.54, 1.807) is 0 Å². The van der Waals surface area contributed by atoms with Gasteiger partial charge in [0.2, 0.25) is 0 Å². The highest BCUT2D eigenvalue weighted by Gasteiger charge is 2.49. The van der Waals surface area contributed by atoms with Crippen LogP contribution in [-0.2, 0) is 50.1 Å². The Labute approximate surface area is 299 Å². The van der Waals surface area contributed by atoms with Crippen molar-refractivity contribution in [3.05, 3.63) is 179 Å². The Kier molecular flexibility index (Phi) is 11.4. The van der Waals surface area contributed by atoms with Gasteiger partial charge in [-0.15, -0.1) is 0 Å². The monoisotopic (exact) mass is 681 g/mol. The van der Waals surface area contributed by atoms with Crippen LogP contribution in [0, 0.1) is 6.92 Å². The molecule has 5 aromatic carbocycles. The molecule has 5 atom stereocenters. The number of aldehydes is 1. The molecule has 2 heterocycles. The van der Waals surface area contributed by atoms with E-state index in [4.69, 9.17) is 23.7 Å². The second-order valence-electron chi connectivity index (χ2n) is 12.9. The van der Waals surface area contributed by atoms with Gasteiger partial charge in [-0.2, -0.15) is 0 Å². The molecular weight excluding hydrogens is 638 g/mol. The summed E-state index contributed by atoms with van der Waals surface area (Å²) in [5.41, 5.74) is 6.64. The average Bonchev–Trinajstić information content (AvgIpc) is 3.57. The molecule has 1 aliphatic heterocycles. The van der Waals surface area contributed by atoms with E-state index in [-0.39, 0.29) is 6.61 Å². The summed E-state index contributed by atoms with van der Waals surface area (Å²) in [6.45, 7) is 3.71. The minimum absolute atomic E-state index is 0.250. The predicted molar refractivity (Wildman–Crippen MR) is 197 cm³/mol. The number of aromatic nitrogens is 1. The third-order valence-corrected chi connectivity index (χ3v) is 9.36. The van der Waals surface area contributed by atoms with E-state index in [1.165, 1.54) is 0 Å². The first-order valence-corrected chi connectivity index (χ1v) is 17.5. The van der Waals surface area contributed by atoms with E-state index < -0.39 is 30.6 Å². The molecule has 0 aliphatic carbocycles. The van der Waals surface area contributed by atoms with Crippen molar-refractivity contribution in [3.63, 3.8) is 0 Å². The van der Waals surface area contributed by atoms with E-state index in [1.807, 2.05) is 145 Å². The van der Waals surface area contributed by atoms with Crippen molar-refractivity contribution >= 4 is 17.2 Å². The summed E-state index contributed by atoms with van der Waals surface area (Å²) in [4.78, 5) is 12.4. The number of rotatable bonds is 15. The van der Waals surface area contributed by atoms with E-state index >= 15 is 0 Å². The number of fused-ring (bicyclic) bond motifs is 1. The standard InChI is InChI=1S/C44H43NO6/c1-32-15-14-24-38-40(32)37(26-46)25-45(38)44-43(50-30-36-22-12-5-13-23-36)42(49-29-35-20-10-4-11-21-35)41(48-28-34-18-8-3-9-19-34)39(51-44)31-47-27-33-16-6-2-7-17-33/h2-26,39,41-44H,27-31H2,1H3/t39-,41+,42+,43-,44-/m1/s1. The third-order valence-electron chi connectivity index (χ3n) is 9.36. The number of carbonyl (C=O) groups excluding carboxylic acids is 1. The smallest absolute Gasteiger partial charge is 0.163 e.